The van der Waals surface area contributed by atoms with Crippen LogP contribution < -0.4 is 9.62 Å². The summed E-state index contributed by atoms with van der Waals surface area (Å²) in [5, 5.41) is 8.18. The van der Waals surface area contributed by atoms with Gasteiger partial charge in [-0.15, -0.1) is 10.2 Å². The van der Waals surface area contributed by atoms with E-state index in [4.69, 9.17) is 0 Å². The van der Waals surface area contributed by atoms with E-state index in [-0.39, 0.29) is 11.4 Å². The third-order valence-electron chi connectivity index (χ3n) is 4.76. The first-order valence-electron chi connectivity index (χ1n) is 8.55. The van der Waals surface area contributed by atoms with Crippen LogP contribution in [0.4, 0.5) is 24.5 Å². The van der Waals surface area contributed by atoms with Crippen molar-refractivity contribution in [2.75, 3.05) is 11.9 Å². The number of nitrogens with one attached hydrogen (secondary N) is 1. The Morgan fingerprint density at radius 1 is 1.03 bits per heavy atom. The number of aryl methyl sites for hydroxylation is 1. The molecular formula is C18H16F3N5O2S. The van der Waals surface area contributed by atoms with Gasteiger partial charge in [-0.2, -0.15) is 13.2 Å². The molecule has 0 saturated carbocycles. The van der Waals surface area contributed by atoms with Crippen molar-refractivity contribution in [3.8, 4) is 5.69 Å². The second-order valence-corrected chi connectivity index (χ2v) is 8.37. The monoisotopic (exact) mass is 423 g/mol. The van der Waals surface area contributed by atoms with Crippen LogP contribution in [0.15, 0.2) is 47.4 Å². The first-order valence-corrected chi connectivity index (χ1v) is 10.0. The minimum atomic E-state index is -4.42. The van der Waals surface area contributed by atoms with Crippen molar-refractivity contribution in [1.82, 2.24) is 19.5 Å². The Balaban J connectivity index is 1.86. The van der Waals surface area contributed by atoms with Gasteiger partial charge in [-0.1, -0.05) is 0 Å². The van der Waals surface area contributed by atoms with Gasteiger partial charge in [0.05, 0.1) is 28.4 Å². The highest BCUT2D eigenvalue weighted by molar-refractivity contribution is 7.89. The van der Waals surface area contributed by atoms with Gasteiger partial charge < -0.3 is 4.90 Å². The van der Waals surface area contributed by atoms with E-state index in [1.165, 1.54) is 31.3 Å². The molecule has 11 heteroatoms. The molecule has 0 amide bonds. The number of nitrogens with zero attached hydrogens (tertiary/aromatic N) is 4. The predicted molar refractivity (Wildman–Crippen MR) is 99.6 cm³/mol. The van der Waals surface area contributed by atoms with Crippen LogP contribution in [0, 0.1) is 6.92 Å². The van der Waals surface area contributed by atoms with E-state index in [9.17, 15) is 21.6 Å². The van der Waals surface area contributed by atoms with E-state index < -0.39 is 21.8 Å². The topological polar surface area (TPSA) is 80.1 Å². The highest BCUT2D eigenvalue weighted by Crippen LogP contribution is 2.39. The summed E-state index contributed by atoms with van der Waals surface area (Å²) in [4.78, 5) is 1.83. The van der Waals surface area contributed by atoms with Crippen LogP contribution in [0.25, 0.3) is 5.69 Å². The summed E-state index contributed by atoms with van der Waals surface area (Å²) in [6.07, 6.45) is -4.42. The van der Waals surface area contributed by atoms with Gasteiger partial charge in [-0.25, -0.2) is 13.1 Å². The van der Waals surface area contributed by atoms with Gasteiger partial charge in [0.2, 0.25) is 10.0 Å². The van der Waals surface area contributed by atoms with Gasteiger partial charge in [-0.05, 0) is 56.4 Å². The molecule has 1 aromatic heterocycles. The maximum absolute atomic E-state index is 12.9. The number of alkyl halides is 3. The molecule has 2 aromatic carbocycles. The summed E-state index contributed by atoms with van der Waals surface area (Å²) in [5.41, 5.74) is 0.948. The summed E-state index contributed by atoms with van der Waals surface area (Å²) < 4.78 is 67.2. The quantitative estimate of drug-likeness (QED) is 0.700. The highest BCUT2D eigenvalue weighted by atomic mass is 32.2. The van der Waals surface area contributed by atoms with Crippen LogP contribution in [0.1, 0.15) is 17.2 Å². The summed E-state index contributed by atoms with van der Waals surface area (Å²) >= 11 is 0. The van der Waals surface area contributed by atoms with E-state index >= 15 is 0 Å². The standard InChI is InChI=1S/C18H16F3N5O2S/c1-11-23-24-17-10-25(13-5-3-12(4-6-13)18(19,20)21)15-8-7-14(29(27,28)22-2)9-16(15)26(11)17/h3-9,22H,10H2,1-2H3. The van der Waals surface area contributed by atoms with Crippen LogP contribution in [0.5, 0.6) is 0 Å². The fraction of sp³-hybridized carbons (Fsp3) is 0.222. The lowest BCUT2D eigenvalue weighted by Gasteiger charge is -2.32. The van der Waals surface area contributed by atoms with Crippen LogP contribution in [-0.4, -0.2) is 30.2 Å². The van der Waals surface area contributed by atoms with E-state index in [0.29, 0.717) is 28.7 Å². The van der Waals surface area contributed by atoms with Gasteiger partial charge in [-0.3, -0.25) is 4.57 Å². The maximum Gasteiger partial charge on any atom is 0.416 e. The summed E-state index contributed by atoms with van der Waals surface area (Å²) in [7, 11) is -2.36. The molecule has 0 spiro atoms. The SMILES string of the molecule is CNS(=O)(=O)c1ccc2c(c1)-n1c(C)nnc1CN2c1ccc(C(F)(F)F)cc1. The molecule has 0 bridgehead atoms. The Labute approximate surface area is 164 Å². The van der Waals surface area contributed by atoms with E-state index in [1.54, 1.807) is 22.5 Å². The number of aromatic nitrogens is 3. The van der Waals surface area contributed by atoms with Crippen LogP contribution in [0.2, 0.25) is 0 Å². The first kappa shape index (κ1) is 19.4. The fourth-order valence-electron chi connectivity index (χ4n) is 3.30. The Hall–Kier alpha value is -2.92. The predicted octanol–water partition coefficient (Wildman–Crippen LogP) is 3.15. The normalized spacial score (nSPS) is 13.9. The minimum absolute atomic E-state index is 0.0621. The minimum Gasteiger partial charge on any atom is -0.332 e. The van der Waals surface area contributed by atoms with E-state index in [2.05, 4.69) is 14.9 Å². The molecule has 7 nitrogen and oxygen atoms in total. The average Bonchev–Trinajstić information content (AvgIpc) is 3.07. The van der Waals surface area contributed by atoms with E-state index in [0.717, 1.165) is 12.1 Å². The Bertz CT molecular complexity index is 1190. The van der Waals surface area contributed by atoms with Gasteiger partial charge in [0.25, 0.3) is 0 Å². The smallest absolute Gasteiger partial charge is 0.332 e. The average molecular weight is 423 g/mol. The van der Waals surface area contributed by atoms with Crippen LogP contribution in [-0.2, 0) is 22.7 Å². The zero-order valence-electron chi connectivity index (χ0n) is 15.4. The second kappa shape index (κ2) is 6.56. The fourth-order valence-corrected chi connectivity index (χ4v) is 4.05. The third-order valence-corrected chi connectivity index (χ3v) is 6.17. The lowest BCUT2D eigenvalue weighted by atomic mass is 10.1. The number of halogens is 3. The molecule has 29 heavy (non-hydrogen) atoms. The number of hydrogen-bond donors (Lipinski definition) is 1. The molecule has 152 valence electrons. The van der Waals surface area contributed by atoms with Gasteiger partial charge in [0, 0.05) is 5.69 Å². The third kappa shape index (κ3) is 3.25. The second-order valence-electron chi connectivity index (χ2n) is 6.49. The molecular weight excluding hydrogens is 407 g/mol. The van der Waals surface area contributed by atoms with Crippen molar-refractivity contribution in [1.29, 1.82) is 0 Å². The highest BCUT2D eigenvalue weighted by Gasteiger charge is 2.31. The number of anilines is 2. The molecule has 0 aliphatic carbocycles. The summed E-state index contributed by atoms with van der Waals surface area (Å²) in [5.74, 6) is 1.13. The van der Waals surface area contributed by atoms with Gasteiger partial charge >= 0.3 is 6.18 Å². The molecule has 1 aliphatic heterocycles. The number of benzene rings is 2. The van der Waals surface area contributed by atoms with Crippen molar-refractivity contribution in [3.05, 3.63) is 59.7 Å². The van der Waals surface area contributed by atoms with Crippen molar-refractivity contribution in [3.63, 3.8) is 0 Å². The lowest BCUT2D eigenvalue weighted by molar-refractivity contribution is -0.137. The lowest BCUT2D eigenvalue weighted by Crippen LogP contribution is -2.27. The largest absolute Gasteiger partial charge is 0.416 e. The van der Waals surface area contributed by atoms with E-state index in [1.807, 2.05) is 0 Å². The zero-order chi connectivity index (χ0) is 21.0. The van der Waals surface area contributed by atoms with Crippen LogP contribution >= 0.6 is 0 Å². The molecule has 3 aromatic rings. The first-order chi connectivity index (χ1) is 13.6. The molecule has 1 N–H and O–H groups in total. The number of fused-ring (bicyclic) bond motifs is 3. The zero-order valence-corrected chi connectivity index (χ0v) is 16.2. The maximum atomic E-state index is 12.9. The van der Waals surface area contributed by atoms with Crippen molar-refractivity contribution in [2.24, 2.45) is 0 Å². The number of sulfonamides is 1. The van der Waals surface area contributed by atoms with Gasteiger partial charge in [0.1, 0.15) is 5.82 Å². The molecule has 0 unspecified atom stereocenters. The Morgan fingerprint density at radius 2 is 1.72 bits per heavy atom. The van der Waals surface area contributed by atoms with Gasteiger partial charge in [0.15, 0.2) is 5.82 Å². The molecule has 0 saturated heterocycles. The van der Waals surface area contributed by atoms with Crippen molar-refractivity contribution >= 4 is 21.4 Å². The van der Waals surface area contributed by atoms with Crippen molar-refractivity contribution in [2.45, 2.75) is 24.5 Å². The summed E-state index contributed by atoms with van der Waals surface area (Å²) in [6.45, 7) is 2.02. The molecule has 0 radical (unpaired) electrons. The molecule has 1 aliphatic rings. The molecule has 0 fully saturated rings. The molecule has 0 atom stereocenters. The van der Waals surface area contributed by atoms with Crippen LogP contribution in [0.3, 0.4) is 0 Å². The molecule has 4 rings (SSSR count). The van der Waals surface area contributed by atoms with Crippen molar-refractivity contribution < 1.29 is 21.6 Å². The Morgan fingerprint density at radius 3 is 2.34 bits per heavy atom. The molecule has 2 heterocycles. The summed E-state index contributed by atoms with van der Waals surface area (Å²) in [6, 6.07) is 9.36. The Kier molecular flexibility index (Phi) is 4.39. The number of rotatable bonds is 3. The number of hydrogen-bond acceptors (Lipinski definition) is 5.